The SMILES string of the molecule is CC(=O)c1cccc(OCC2CC2)c1Br. The molecule has 2 rings (SSSR count). The highest BCUT2D eigenvalue weighted by molar-refractivity contribution is 9.10. The zero-order chi connectivity index (χ0) is 10.8. The maximum absolute atomic E-state index is 11.3. The monoisotopic (exact) mass is 268 g/mol. The van der Waals surface area contributed by atoms with Crippen LogP contribution in [-0.4, -0.2) is 12.4 Å². The van der Waals surface area contributed by atoms with E-state index in [1.165, 1.54) is 12.8 Å². The Kier molecular flexibility index (Phi) is 3.10. The van der Waals surface area contributed by atoms with Gasteiger partial charge in [-0.3, -0.25) is 4.79 Å². The van der Waals surface area contributed by atoms with Gasteiger partial charge in [-0.05, 0) is 47.7 Å². The number of halogens is 1. The molecular formula is C12H13BrO2. The van der Waals surface area contributed by atoms with Crippen molar-refractivity contribution >= 4 is 21.7 Å². The highest BCUT2D eigenvalue weighted by Crippen LogP contribution is 2.33. The average molecular weight is 269 g/mol. The van der Waals surface area contributed by atoms with Crippen LogP contribution in [0.25, 0.3) is 0 Å². The number of Topliss-reactive ketones (excluding diaryl/α,β-unsaturated/α-hetero) is 1. The van der Waals surface area contributed by atoms with Crippen molar-refractivity contribution in [2.45, 2.75) is 19.8 Å². The van der Waals surface area contributed by atoms with Crippen LogP contribution in [-0.2, 0) is 0 Å². The third kappa shape index (κ3) is 2.59. The minimum absolute atomic E-state index is 0.0544. The van der Waals surface area contributed by atoms with Crippen molar-refractivity contribution < 1.29 is 9.53 Å². The quantitative estimate of drug-likeness (QED) is 0.782. The third-order valence-corrected chi connectivity index (χ3v) is 3.33. The molecule has 0 heterocycles. The van der Waals surface area contributed by atoms with Gasteiger partial charge in [-0.25, -0.2) is 0 Å². The highest BCUT2D eigenvalue weighted by atomic mass is 79.9. The van der Waals surface area contributed by atoms with Crippen LogP contribution in [0, 0.1) is 5.92 Å². The van der Waals surface area contributed by atoms with Gasteiger partial charge in [0.1, 0.15) is 5.75 Å². The fourth-order valence-corrected chi connectivity index (χ4v) is 2.04. The number of hydrogen-bond acceptors (Lipinski definition) is 2. The molecule has 1 aliphatic carbocycles. The normalized spacial score (nSPS) is 15.1. The van der Waals surface area contributed by atoms with Gasteiger partial charge in [0.2, 0.25) is 0 Å². The van der Waals surface area contributed by atoms with Gasteiger partial charge in [-0.15, -0.1) is 0 Å². The molecule has 1 saturated carbocycles. The maximum atomic E-state index is 11.3. The first-order valence-corrected chi connectivity index (χ1v) is 5.90. The second kappa shape index (κ2) is 4.35. The lowest BCUT2D eigenvalue weighted by Crippen LogP contribution is -2.02. The number of ether oxygens (including phenoxy) is 1. The summed E-state index contributed by atoms with van der Waals surface area (Å²) in [5.41, 5.74) is 0.684. The van der Waals surface area contributed by atoms with E-state index in [0.717, 1.165) is 22.7 Å². The summed E-state index contributed by atoms with van der Waals surface area (Å²) in [7, 11) is 0. The minimum atomic E-state index is 0.0544. The number of ketones is 1. The topological polar surface area (TPSA) is 26.3 Å². The van der Waals surface area contributed by atoms with Crippen molar-refractivity contribution in [3.8, 4) is 5.75 Å². The summed E-state index contributed by atoms with van der Waals surface area (Å²) in [6.45, 7) is 2.32. The zero-order valence-electron chi connectivity index (χ0n) is 8.63. The smallest absolute Gasteiger partial charge is 0.161 e. The Morgan fingerprint density at radius 1 is 1.53 bits per heavy atom. The van der Waals surface area contributed by atoms with Crippen molar-refractivity contribution in [3.05, 3.63) is 28.2 Å². The molecule has 1 aliphatic rings. The van der Waals surface area contributed by atoms with E-state index in [-0.39, 0.29) is 5.78 Å². The fraction of sp³-hybridized carbons (Fsp3) is 0.417. The summed E-state index contributed by atoms with van der Waals surface area (Å²) in [5.74, 6) is 1.55. The first-order chi connectivity index (χ1) is 7.18. The molecule has 0 aliphatic heterocycles. The Balaban J connectivity index is 2.14. The van der Waals surface area contributed by atoms with Crippen molar-refractivity contribution in [1.82, 2.24) is 0 Å². The third-order valence-electron chi connectivity index (χ3n) is 2.51. The molecule has 0 spiro atoms. The van der Waals surface area contributed by atoms with Crippen molar-refractivity contribution in [3.63, 3.8) is 0 Å². The molecular weight excluding hydrogens is 256 g/mol. The predicted octanol–water partition coefficient (Wildman–Crippen LogP) is 3.44. The minimum Gasteiger partial charge on any atom is -0.492 e. The van der Waals surface area contributed by atoms with E-state index in [2.05, 4.69) is 15.9 Å². The van der Waals surface area contributed by atoms with E-state index < -0.39 is 0 Å². The van der Waals surface area contributed by atoms with E-state index in [9.17, 15) is 4.79 Å². The summed E-state index contributed by atoms with van der Waals surface area (Å²) in [6.07, 6.45) is 2.54. The predicted molar refractivity (Wildman–Crippen MR) is 62.4 cm³/mol. The van der Waals surface area contributed by atoms with Crippen LogP contribution in [0.4, 0.5) is 0 Å². The molecule has 80 valence electrons. The lowest BCUT2D eigenvalue weighted by molar-refractivity contribution is 0.101. The first kappa shape index (κ1) is 10.7. The number of benzene rings is 1. The highest BCUT2D eigenvalue weighted by Gasteiger charge is 2.22. The summed E-state index contributed by atoms with van der Waals surface area (Å²) in [5, 5.41) is 0. The van der Waals surface area contributed by atoms with Crippen LogP contribution in [0.3, 0.4) is 0 Å². The molecule has 2 nitrogen and oxygen atoms in total. The van der Waals surface area contributed by atoms with Crippen LogP contribution in [0.15, 0.2) is 22.7 Å². The number of rotatable bonds is 4. The molecule has 0 saturated heterocycles. The van der Waals surface area contributed by atoms with Crippen molar-refractivity contribution in [2.24, 2.45) is 5.92 Å². The van der Waals surface area contributed by atoms with Gasteiger partial charge in [0, 0.05) is 5.56 Å². The largest absolute Gasteiger partial charge is 0.492 e. The van der Waals surface area contributed by atoms with Crippen LogP contribution in [0.5, 0.6) is 5.75 Å². The molecule has 0 N–H and O–H groups in total. The first-order valence-electron chi connectivity index (χ1n) is 5.10. The Hall–Kier alpha value is -0.830. The van der Waals surface area contributed by atoms with Crippen LogP contribution >= 0.6 is 15.9 Å². The van der Waals surface area contributed by atoms with Gasteiger partial charge in [-0.1, -0.05) is 12.1 Å². The lowest BCUT2D eigenvalue weighted by atomic mass is 10.1. The van der Waals surface area contributed by atoms with Crippen LogP contribution in [0.2, 0.25) is 0 Å². The number of carbonyl (C=O) groups excluding carboxylic acids is 1. The summed E-state index contributed by atoms with van der Waals surface area (Å²) in [6, 6.07) is 5.54. The molecule has 0 unspecified atom stereocenters. The van der Waals surface area contributed by atoms with E-state index in [1.807, 2.05) is 12.1 Å². The molecule has 0 atom stereocenters. The van der Waals surface area contributed by atoms with Gasteiger partial charge in [0.15, 0.2) is 5.78 Å². The average Bonchev–Trinajstić information content (AvgIpc) is 2.99. The number of hydrogen-bond donors (Lipinski definition) is 0. The van der Waals surface area contributed by atoms with E-state index in [1.54, 1.807) is 13.0 Å². The van der Waals surface area contributed by atoms with Gasteiger partial charge >= 0.3 is 0 Å². The van der Waals surface area contributed by atoms with Gasteiger partial charge < -0.3 is 4.74 Å². The summed E-state index contributed by atoms with van der Waals surface area (Å²) >= 11 is 3.41. The molecule has 0 aromatic heterocycles. The second-order valence-corrected chi connectivity index (χ2v) is 4.72. The lowest BCUT2D eigenvalue weighted by Gasteiger charge is -2.09. The van der Waals surface area contributed by atoms with Crippen LogP contribution < -0.4 is 4.74 Å². The maximum Gasteiger partial charge on any atom is 0.161 e. The molecule has 0 bridgehead atoms. The Morgan fingerprint density at radius 2 is 2.27 bits per heavy atom. The van der Waals surface area contributed by atoms with Crippen LogP contribution in [0.1, 0.15) is 30.1 Å². The van der Waals surface area contributed by atoms with Crippen molar-refractivity contribution in [2.75, 3.05) is 6.61 Å². The molecule has 1 fully saturated rings. The van der Waals surface area contributed by atoms with Gasteiger partial charge in [-0.2, -0.15) is 0 Å². The van der Waals surface area contributed by atoms with Gasteiger partial charge in [0.05, 0.1) is 11.1 Å². The van der Waals surface area contributed by atoms with Gasteiger partial charge in [0.25, 0.3) is 0 Å². The molecule has 1 aromatic carbocycles. The van der Waals surface area contributed by atoms with Crippen molar-refractivity contribution in [1.29, 1.82) is 0 Å². The van der Waals surface area contributed by atoms with E-state index in [4.69, 9.17) is 4.74 Å². The molecule has 1 aromatic rings. The Labute approximate surface area is 97.8 Å². The molecule has 3 heteroatoms. The number of carbonyl (C=O) groups is 1. The standard InChI is InChI=1S/C12H13BrO2/c1-8(14)10-3-2-4-11(12(10)13)15-7-9-5-6-9/h2-4,9H,5-7H2,1H3. The Bertz CT molecular complexity index is 383. The fourth-order valence-electron chi connectivity index (χ4n) is 1.39. The Morgan fingerprint density at radius 3 is 2.87 bits per heavy atom. The van der Waals surface area contributed by atoms with E-state index >= 15 is 0 Å². The molecule has 0 radical (unpaired) electrons. The molecule has 15 heavy (non-hydrogen) atoms. The summed E-state index contributed by atoms with van der Waals surface area (Å²) < 4.78 is 6.43. The summed E-state index contributed by atoms with van der Waals surface area (Å²) in [4.78, 5) is 11.3. The zero-order valence-corrected chi connectivity index (χ0v) is 10.2. The molecule has 0 amide bonds. The van der Waals surface area contributed by atoms with E-state index in [0.29, 0.717) is 5.56 Å². The second-order valence-electron chi connectivity index (χ2n) is 3.93.